The van der Waals surface area contributed by atoms with E-state index in [1.807, 2.05) is 0 Å². The number of aliphatic hydroxyl groups is 3. The van der Waals surface area contributed by atoms with Crippen molar-refractivity contribution in [1.82, 2.24) is 0 Å². The fraction of sp³-hybridized carbons (Fsp3) is 0.806. The van der Waals surface area contributed by atoms with Crippen molar-refractivity contribution in [2.45, 2.75) is 135 Å². The van der Waals surface area contributed by atoms with E-state index in [-0.39, 0.29) is 24.1 Å². The van der Waals surface area contributed by atoms with Gasteiger partial charge in [-0.05, 0) is 44.3 Å². The molecular formula is C31H48O6. The smallest absolute Gasteiger partial charge is 0.306 e. The number of hydrogen-bond donors (Lipinski definition) is 3. The fourth-order valence-electron chi connectivity index (χ4n) is 8.11. The van der Waals surface area contributed by atoms with Crippen LogP contribution < -0.4 is 0 Å². The van der Waals surface area contributed by atoms with Crippen LogP contribution in [0.25, 0.3) is 0 Å². The number of fused-ring (bicyclic) bond motifs is 3. The minimum Gasteiger partial charge on any atom is -0.458 e. The van der Waals surface area contributed by atoms with Gasteiger partial charge >= 0.3 is 5.97 Å². The molecule has 2 bridgehead atoms. The van der Waals surface area contributed by atoms with Crippen molar-refractivity contribution in [3.05, 3.63) is 23.3 Å². The van der Waals surface area contributed by atoms with Crippen LogP contribution >= 0.6 is 0 Å². The molecular weight excluding hydrogens is 468 g/mol. The van der Waals surface area contributed by atoms with Crippen LogP contribution in [0, 0.1) is 22.7 Å². The van der Waals surface area contributed by atoms with Gasteiger partial charge < -0.3 is 20.1 Å². The molecule has 3 N–H and O–H groups in total. The molecule has 0 heterocycles. The molecule has 0 amide bonds. The lowest BCUT2D eigenvalue weighted by molar-refractivity contribution is -0.181. The highest BCUT2D eigenvalue weighted by Gasteiger charge is 2.81. The Morgan fingerprint density at radius 2 is 1.51 bits per heavy atom. The lowest BCUT2D eigenvalue weighted by atomic mass is 9.63. The first-order valence-electron chi connectivity index (χ1n) is 14.6. The molecule has 0 saturated heterocycles. The Kier molecular flexibility index (Phi) is 7.89. The Bertz CT molecular complexity index is 965. The van der Waals surface area contributed by atoms with E-state index in [1.165, 1.54) is 38.5 Å². The summed E-state index contributed by atoms with van der Waals surface area (Å²) >= 11 is 0. The maximum Gasteiger partial charge on any atom is 0.306 e. The summed E-state index contributed by atoms with van der Waals surface area (Å²) in [6.45, 7) is 9.72. The Hall–Kier alpha value is -1.50. The fourth-order valence-corrected chi connectivity index (χ4v) is 8.11. The average Bonchev–Trinajstić information content (AvgIpc) is 3.29. The molecule has 0 aromatic carbocycles. The van der Waals surface area contributed by atoms with E-state index in [2.05, 4.69) is 20.8 Å². The van der Waals surface area contributed by atoms with Gasteiger partial charge in [0.2, 0.25) is 0 Å². The van der Waals surface area contributed by atoms with Crippen molar-refractivity contribution < 1.29 is 29.6 Å². The van der Waals surface area contributed by atoms with Crippen molar-refractivity contribution in [2.75, 3.05) is 0 Å². The van der Waals surface area contributed by atoms with Crippen LogP contribution in [0.4, 0.5) is 0 Å². The Morgan fingerprint density at radius 1 is 0.946 bits per heavy atom. The first-order valence-corrected chi connectivity index (χ1v) is 14.6. The van der Waals surface area contributed by atoms with Crippen molar-refractivity contribution in [2.24, 2.45) is 22.7 Å². The Balaban J connectivity index is 1.46. The zero-order chi connectivity index (χ0) is 27.2. The molecule has 4 aliphatic carbocycles. The summed E-state index contributed by atoms with van der Waals surface area (Å²) in [5.74, 6) is -1.23. The number of esters is 1. The molecule has 6 nitrogen and oxygen atoms in total. The number of aliphatic hydroxyl groups excluding tert-OH is 2. The van der Waals surface area contributed by atoms with Gasteiger partial charge in [-0.1, -0.05) is 84.3 Å². The summed E-state index contributed by atoms with van der Waals surface area (Å²) < 4.78 is 6.26. The van der Waals surface area contributed by atoms with Gasteiger partial charge in [-0.3, -0.25) is 9.59 Å². The Morgan fingerprint density at radius 3 is 2.14 bits per heavy atom. The first kappa shape index (κ1) is 28.5. The third-order valence-corrected chi connectivity index (χ3v) is 10.4. The number of unbranched alkanes of at least 4 members (excludes halogenated alkanes) is 8. The zero-order valence-electron chi connectivity index (χ0n) is 23.5. The molecule has 4 aliphatic rings. The van der Waals surface area contributed by atoms with E-state index in [0.717, 1.165) is 19.3 Å². The highest BCUT2D eigenvalue weighted by molar-refractivity contribution is 5.95. The predicted molar refractivity (Wildman–Crippen MR) is 143 cm³/mol. The molecule has 2 saturated carbocycles. The number of carbonyl (C=O) groups is 2. The van der Waals surface area contributed by atoms with Gasteiger partial charge in [0.05, 0.1) is 5.41 Å². The van der Waals surface area contributed by atoms with Gasteiger partial charge in [0.1, 0.15) is 23.4 Å². The molecule has 6 heteroatoms. The molecule has 0 aliphatic heterocycles. The van der Waals surface area contributed by atoms with E-state index >= 15 is 0 Å². The summed E-state index contributed by atoms with van der Waals surface area (Å²) in [7, 11) is 0. The maximum atomic E-state index is 14.1. The van der Waals surface area contributed by atoms with Crippen LogP contribution in [0.3, 0.4) is 0 Å². The normalized spacial score (nSPS) is 39.6. The predicted octanol–water partition coefficient (Wildman–Crippen LogP) is 5.18. The summed E-state index contributed by atoms with van der Waals surface area (Å²) in [6, 6.07) is 0. The van der Waals surface area contributed by atoms with Crippen LogP contribution in [0.15, 0.2) is 23.3 Å². The van der Waals surface area contributed by atoms with E-state index in [9.17, 15) is 24.9 Å². The van der Waals surface area contributed by atoms with Crippen LogP contribution in [0.1, 0.15) is 112 Å². The lowest BCUT2D eigenvalue weighted by Gasteiger charge is -2.45. The van der Waals surface area contributed by atoms with Crippen LogP contribution in [-0.2, 0) is 14.3 Å². The van der Waals surface area contributed by atoms with Crippen molar-refractivity contribution in [1.29, 1.82) is 0 Å². The lowest BCUT2D eigenvalue weighted by Crippen LogP contribution is -2.62. The minimum atomic E-state index is -2.02. The number of allylic oxidation sites excluding steroid dienone is 1. The SMILES string of the molecule is CCCCCCCCCCCC(=O)O[C@@]12CC[C@]34C=C(C)[C@H](O)[C@@]3(O)[C@H](O)C(C)=C[C@H](C4=O)[C@@H]1C2(C)C. The molecule has 208 valence electrons. The quantitative estimate of drug-likeness (QED) is 0.199. The molecule has 0 aromatic rings. The third kappa shape index (κ3) is 4.26. The summed E-state index contributed by atoms with van der Waals surface area (Å²) in [6.07, 6.45) is 12.4. The summed E-state index contributed by atoms with van der Waals surface area (Å²) in [5.41, 5.74) is -3.65. The van der Waals surface area contributed by atoms with E-state index in [0.29, 0.717) is 24.0 Å². The minimum absolute atomic E-state index is 0.186. The van der Waals surface area contributed by atoms with Gasteiger partial charge in [-0.15, -0.1) is 0 Å². The molecule has 4 rings (SSSR count). The van der Waals surface area contributed by atoms with E-state index < -0.39 is 40.2 Å². The molecule has 0 aromatic heterocycles. The second kappa shape index (κ2) is 10.2. The molecule has 0 radical (unpaired) electrons. The van der Waals surface area contributed by atoms with E-state index in [4.69, 9.17) is 4.74 Å². The monoisotopic (exact) mass is 516 g/mol. The number of hydrogen-bond acceptors (Lipinski definition) is 6. The van der Waals surface area contributed by atoms with Gasteiger partial charge in [0, 0.05) is 23.7 Å². The molecule has 37 heavy (non-hydrogen) atoms. The topological polar surface area (TPSA) is 104 Å². The number of Topliss-reactive ketones (excluding diaryl/α,β-unsaturated/α-hetero) is 1. The van der Waals surface area contributed by atoms with Gasteiger partial charge in [0.15, 0.2) is 5.78 Å². The second-order valence-electron chi connectivity index (χ2n) is 12.9. The molecule has 7 atom stereocenters. The molecule has 1 spiro atoms. The first-order chi connectivity index (χ1) is 17.4. The van der Waals surface area contributed by atoms with Crippen molar-refractivity contribution in [3.63, 3.8) is 0 Å². The van der Waals surface area contributed by atoms with Crippen molar-refractivity contribution in [3.8, 4) is 0 Å². The largest absolute Gasteiger partial charge is 0.458 e. The number of ketones is 1. The summed E-state index contributed by atoms with van der Waals surface area (Å²) in [5, 5.41) is 33.9. The summed E-state index contributed by atoms with van der Waals surface area (Å²) in [4.78, 5) is 27.2. The number of carbonyl (C=O) groups excluding carboxylic acids is 2. The third-order valence-electron chi connectivity index (χ3n) is 10.4. The van der Waals surface area contributed by atoms with Crippen molar-refractivity contribution >= 4 is 11.8 Å². The molecule has 2 fully saturated rings. The highest BCUT2D eigenvalue weighted by atomic mass is 16.6. The average molecular weight is 517 g/mol. The number of rotatable bonds is 11. The standard InChI is InChI=1S/C31H48O6/c1-6-7-8-9-10-11-12-13-14-15-23(32)37-30-17-16-29-19-21(3)26(34)31(29,36)25(33)20(2)18-22(27(29)35)24(30)28(30,4)5/h18-19,22,24-26,33-34,36H,6-17H2,1-5H3/t22-,24+,25+,26-,29+,30-,31-/m0/s1. The van der Waals surface area contributed by atoms with Gasteiger partial charge in [0.25, 0.3) is 0 Å². The van der Waals surface area contributed by atoms with Gasteiger partial charge in [-0.25, -0.2) is 0 Å². The second-order valence-corrected chi connectivity index (χ2v) is 12.9. The highest BCUT2D eigenvalue weighted by Crippen LogP contribution is 2.74. The number of ether oxygens (including phenoxy) is 1. The van der Waals surface area contributed by atoms with Crippen LogP contribution in [0.5, 0.6) is 0 Å². The zero-order valence-corrected chi connectivity index (χ0v) is 23.5. The Labute approximate surface area is 222 Å². The van der Waals surface area contributed by atoms with Crippen LogP contribution in [-0.4, -0.2) is 50.5 Å². The van der Waals surface area contributed by atoms with Crippen LogP contribution in [0.2, 0.25) is 0 Å². The van der Waals surface area contributed by atoms with E-state index in [1.54, 1.807) is 26.0 Å². The van der Waals surface area contributed by atoms with Gasteiger partial charge in [-0.2, -0.15) is 0 Å². The maximum absolute atomic E-state index is 14.1. The molecule has 0 unspecified atom stereocenters.